The third-order valence-electron chi connectivity index (χ3n) is 2.23. The minimum atomic E-state index is -0.663. The van der Waals surface area contributed by atoms with Gasteiger partial charge in [0.05, 0.1) is 6.10 Å². The van der Waals surface area contributed by atoms with Crippen molar-refractivity contribution in [2.24, 2.45) is 5.73 Å². The number of rotatable bonds is 4. The van der Waals surface area contributed by atoms with E-state index in [1.165, 1.54) is 24.1 Å². The van der Waals surface area contributed by atoms with E-state index >= 15 is 0 Å². The molecule has 0 radical (unpaired) electrons. The van der Waals surface area contributed by atoms with Crippen LogP contribution in [0.4, 0.5) is 14.5 Å². The molecule has 0 aromatic heterocycles. The van der Waals surface area contributed by atoms with Gasteiger partial charge in [0, 0.05) is 20.1 Å². The smallest absolute Gasteiger partial charge is 0.149 e. The Morgan fingerprint density at radius 1 is 1.38 bits per heavy atom. The number of hydrogen-bond acceptors (Lipinski definition) is 3. The van der Waals surface area contributed by atoms with Crippen molar-refractivity contribution < 1.29 is 13.9 Å². The third kappa shape index (κ3) is 2.90. The molecule has 3 nitrogen and oxygen atoms in total. The van der Waals surface area contributed by atoms with Gasteiger partial charge in [-0.3, -0.25) is 0 Å². The second-order valence-electron chi connectivity index (χ2n) is 3.84. The Kier molecular flexibility index (Phi) is 4.20. The topological polar surface area (TPSA) is 49.5 Å². The summed E-state index contributed by atoms with van der Waals surface area (Å²) in [6.07, 6.45) is -0.655. The number of nitrogens with zero attached hydrogens (tertiary/aromatic N) is 1. The number of aliphatic hydroxyl groups excluding tert-OH is 1. The number of benzene rings is 1. The third-order valence-corrected chi connectivity index (χ3v) is 2.23. The Balaban J connectivity index is 3.04. The van der Waals surface area contributed by atoms with Crippen molar-refractivity contribution in [1.82, 2.24) is 0 Å². The fraction of sp³-hybridized carbons (Fsp3) is 0.455. The minimum absolute atomic E-state index is 0.0915. The summed E-state index contributed by atoms with van der Waals surface area (Å²) in [7, 11) is 1.52. The van der Waals surface area contributed by atoms with Crippen molar-refractivity contribution in [2.75, 3.05) is 18.5 Å². The predicted octanol–water partition coefficient (Wildman–Crippen LogP) is 1.24. The molecular weight excluding hydrogens is 214 g/mol. The van der Waals surface area contributed by atoms with Gasteiger partial charge in [-0.2, -0.15) is 0 Å². The SMILES string of the molecule is CC(O)CN(C)c1c(F)cc(CN)cc1F. The zero-order valence-corrected chi connectivity index (χ0v) is 9.37. The summed E-state index contributed by atoms with van der Waals surface area (Å²) in [5.74, 6) is -1.33. The lowest BCUT2D eigenvalue weighted by Gasteiger charge is -2.22. The molecule has 0 saturated heterocycles. The van der Waals surface area contributed by atoms with Gasteiger partial charge in [0.1, 0.15) is 17.3 Å². The lowest BCUT2D eigenvalue weighted by atomic mass is 10.1. The van der Waals surface area contributed by atoms with Crippen LogP contribution in [0.1, 0.15) is 12.5 Å². The number of aliphatic hydroxyl groups is 1. The van der Waals surface area contributed by atoms with E-state index in [0.29, 0.717) is 5.56 Å². The Morgan fingerprint density at radius 3 is 2.25 bits per heavy atom. The normalized spacial score (nSPS) is 12.6. The fourth-order valence-corrected chi connectivity index (χ4v) is 1.59. The van der Waals surface area contributed by atoms with Crippen LogP contribution < -0.4 is 10.6 Å². The van der Waals surface area contributed by atoms with Crippen molar-refractivity contribution in [3.63, 3.8) is 0 Å². The van der Waals surface area contributed by atoms with Crippen molar-refractivity contribution in [3.05, 3.63) is 29.3 Å². The zero-order chi connectivity index (χ0) is 12.3. The highest BCUT2D eigenvalue weighted by molar-refractivity contribution is 5.50. The fourth-order valence-electron chi connectivity index (χ4n) is 1.59. The quantitative estimate of drug-likeness (QED) is 0.818. The van der Waals surface area contributed by atoms with Crippen molar-refractivity contribution in [1.29, 1.82) is 0 Å². The molecule has 0 aliphatic rings. The second-order valence-corrected chi connectivity index (χ2v) is 3.84. The van der Waals surface area contributed by atoms with Crippen LogP contribution in [0.5, 0.6) is 0 Å². The molecule has 16 heavy (non-hydrogen) atoms. The van der Waals surface area contributed by atoms with E-state index in [-0.39, 0.29) is 18.8 Å². The molecule has 0 bridgehead atoms. The first-order valence-electron chi connectivity index (χ1n) is 5.03. The van der Waals surface area contributed by atoms with Gasteiger partial charge in [0.2, 0.25) is 0 Å². The maximum atomic E-state index is 13.6. The summed E-state index contributed by atoms with van der Waals surface area (Å²) in [6.45, 7) is 1.81. The standard InChI is InChI=1S/C11H16F2N2O/c1-7(16)6-15(2)11-9(12)3-8(5-14)4-10(11)13/h3-4,7,16H,5-6,14H2,1-2H3. The Bertz CT molecular complexity index is 346. The highest BCUT2D eigenvalue weighted by Gasteiger charge is 2.16. The van der Waals surface area contributed by atoms with Crippen molar-refractivity contribution in [3.8, 4) is 0 Å². The highest BCUT2D eigenvalue weighted by atomic mass is 19.1. The first-order chi connectivity index (χ1) is 7.45. The maximum Gasteiger partial charge on any atom is 0.149 e. The summed E-state index contributed by atoms with van der Waals surface area (Å²) in [6, 6.07) is 2.41. The summed E-state index contributed by atoms with van der Waals surface area (Å²) < 4.78 is 27.2. The van der Waals surface area contributed by atoms with E-state index in [0.717, 1.165) is 0 Å². The minimum Gasteiger partial charge on any atom is -0.392 e. The van der Waals surface area contributed by atoms with E-state index in [4.69, 9.17) is 10.8 Å². The van der Waals surface area contributed by atoms with Crippen LogP contribution in [-0.2, 0) is 6.54 Å². The van der Waals surface area contributed by atoms with Gasteiger partial charge in [-0.1, -0.05) is 0 Å². The molecule has 1 aromatic carbocycles. The molecule has 0 saturated carbocycles. The van der Waals surface area contributed by atoms with Gasteiger partial charge in [0.25, 0.3) is 0 Å². The molecule has 1 aromatic rings. The zero-order valence-electron chi connectivity index (χ0n) is 9.37. The number of halogens is 2. The van der Waals surface area contributed by atoms with Crippen LogP contribution in [0, 0.1) is 11.6 Å². The molecular formula is C11H16F2N2O. The van der Waals surface area contributed by atoms with Crippen molar-refractivity contribution >= 4 is 5.69 Å². The molecule has 0 fully saturated rings. The van der Waals surface area contributed by atoms with Crippen molar-refractivity contribution in [2.45, 2.75) is 19.6 Å². The molecule has 0 aliphatic heterocycles. The first kappa shape index (κ1) is 12.9. The number of nitrogens with two attached hydrogens (primary N) is 1. The molecule has 90 valence electrons. The van der Waals surface area contributed by atoms with Crippen LogP contribution in [-0.4, -0.2) is 24.8 Å². The monoisotopic (exact) mass is 230 g/mol. The Labute approximate surface area is 93.5 Å². The second kappa shape index (κ2) is 5.23. The van der Waals surface area contributed by atoms with Crippen LogP contribution in [0.2, 0.25) is 0 Å². The van der Waals surface area contributed by atoms with Crippen LogP contribution in [0.25, 0.3) is 0 Å². The summed E-state index contributed by atoms with van der Waals surface area (Å²) in [4.78, 5) is 1.34. The molecule has 5 heteroatoms. The first-order valence-corrected chi connectivity index (χ1v) is 5.03. The van der Waals surface area contributed by atoms with Crippen LogP contribution in [0.15, 0.2) is 12.1 Å². The Morgan fingerprint density at radius 2 is 1.88 bits per heavy atom. The van der Waals surface area contributed by atoms with Gasteiger partial charge < -0.3 is 15.7 Å². The van der Waals surface area contributed by atoms with Gasteiger partial charge in [-0.25, -0.2) is 8.78 Å². The molecule has 1 unspecified atom stereocenters. The maximum absolute atomic E-state index is 13.6. The highest BCUT2D eigenvalue weighted by Crippen LogP contribution is 2.24. The van der Waals surface area contributed by atoms with Gasteiger partial charge in [0.15, 0.2) is 0 Å². The van der Waals surface area contributed by atoms with E-state index in [1.54, 1.807) is 6.92 Å². The summed E-state index contributed by atoms with van der Waals surface area (Å²) in [5, 5.41) is 9.16. The van der Waals surface area contributed by atoms with Gasteiger partial charge in [-0.05, 0) is 24.6 Å². The van der Waals surface area contributed by atoms with E-state index in [2.05, 4.69) is 0 Å². The molecule has 3 N–H and O–H groups in total. The van der Waals surface area contributed by atoms with Gasteiger partial charge >= 0.3 is 0 Å². The lowest BCUT2D eigenvalue weighted by Crippen LogP contribution is -2.28. The van der Waals surface area contributed by atoms with Crippen LogP contribution >= 0.6 is 0 Å². The Hall–Kier alpha value is -1.20. The number of hydrogen-bond donors (Lipinski definition) is 2. The van der Waals surface area contributed by atoms with Gasteiger partial charge in [-0.15, -0.1) is 0 Å². The molecule has 0 aliphatic carbocycles. The summed E-state index contributed by atoms with van der Waals surface area (Å²) >= 11 is 0. The van der Waals surface area contributed by atoms with E-state index < -0.39 is 17.7 Å². The predicted molar refractivity (Wildman–Crippen MR) is 59.2 cm³/mol. The molecule has 0 amide bonds. The average molecular weight is 230 g/mol. The average Bonchev–Trinajstić information content (AvgIpc) is 2.15. The molecule has 0 spiro atoms. The largest absolute Gasteiger partial charge is 0.392 e. The number of likely N-dealkylation sites (N-methyl/N-ethyl adjacent to an activating group) is 1. The van der Waals surface area contributed by atoms with E-state index in [9.17, 15) is 8.78 Å². The number of anilines is 1. The van der Waals surface area contributed by atoms with Crippen LogP contribution in [0.3, 0.4) is 0 Å². The van der Waals surface area contributed by atoms with E-state index in [1.807, 2.05) is 0 Å². The molecule has 0 heterocycles. The molecule has 1 atom stereocenters. The summed E-state index contributed by atoms with van der Waals surface area (Å²) in [5.41, 5.74) is 5.57. The lowest BCUT2D eigenvalue weighted by molar-refractivity contribution is 0.201. The molecule has 1 rings (SSSR count).